The zero-order valence-electron chi connectivity index (χ0n) is 8.36. The van der Waals surface area contributed by atoms with E-state index in [1.54, 1.807) is 0 Å². The van der Waals surface area contributed by atoms with Crippen molar-refractivity contribution in [1.82, 2.24) is 0 Å². The zero-order valence-corrected chi connectivity index (χ0v) is 8.36. The first-order chi connectivity index (χ1) is 6.77. The Kier molecular flexibility index (Phi) is 4.33. The summed E-state index contributed by atoms with van der Waals surface area (Å²) in [6, 6.07) is -0.638. The van der Waals surface area contributed by atoms with Gasteiger partial charge in [0, 0.05) is 0 Å². The van der Waals surface area contributed by atoms with Crippen LogP contribution in [0.4, 0.5) is 0 Å². The van der Waals surface area contributed by atoms with Gasteiger partial charge in [0.2, 0.25) is 6.08 Å². The van der Waals surface area contributed by atoms with Gasteiger partial charge in [0.05, 0.1) is 7.11 Å². The van der Waals surface area contributed by atoms with E-state index in [1.807, 2.05) is 0 Å². The largest absolute Gasteiger partial charge is 0.467 e. The van der Waals surface area contributed by atoms with Crippen LogP contribution in [0, 0.1) is 5.92 Å². The monoisotopic (exact) mass is 197 g/mol. The normalized spacial score (nSPS) is 18.6. The van der Waals surface area contributed by atoms with Crippen molar-refractivity contribution < 1.29 is 14.3 Å². The van der Waals surface area contributed by atoms with Gasteiger partial charge in [-0.25, -0.2) is 9.59 Å². The van der Waals surface area contributed by atoms with Crippen LogP contribution in [-0.4, -0.2) is 25.2 Å². The van der Waals surface area contributed by atoms with Crippen LogP contribution in [0.25, 0.3) is 0 Å². The molecular formula is C10H15NO3. The number of methoxy groups -OCH3 is 1. The van der Waals surface area contributed by atoms with Gasteiger partial charge in [-0.3, -0.25) is 0 Å². The van der Waals surface area contributed by atoms with Gasteiger partial charge in [0.1, 0.15) is 0 Å². The van der Waals surface area contributed by atoms with Crippen LogP contribution in [0.15, 0.2) is 4.99 Å². The third-order valence-corrected chi connectivity index (χ3v) is 2.71. The highest BCUT2D eigenvalue weighted by atomic mass is 16.5. The summed E-state index contributed by atoms with van der Waals surface area (Å²) in [6.07, 6.45) is 6.74. The molecule has 14 heavy (non-hydrogen) atoms. The molecule has 0 heterocycles. The van der Waals surface area contributed by atoms with Crippen molar-refractivity contribution >= 4 is 12.0 Å². The maximum absolute atomic E-state index is 11.2. The topological polar surface area (TPSA) is 55.7 Å². The molecule has 0 radical (unpaired) electrons. The Morgan fingerprint density at radius 2 is 2.21 bits per heavy atom. The average Bonchev–Trinajstić information content (AvgIpc) is 2.68. The molecule has 0 aromatic heterocycles. The molecular weight excluding hydrogens is 182 g/mol. The summed E-state index contributed by atoms with van der Waals surface area (Å²) < 4.78 is 4.56. The summed E-state index contributed by atoms with van der Waals surface area (Å²) in [5, 5.41) is 0. The van der Waals surface area contributed by atoms with Crippen LogP contribution < -0.4 is 0 Å². The minimum Gasteiger partial charge on any atom is -0.467 e. The van der Waals surface area contributed by atoms with E-state index in [0.717, 1.165) is 12.8 Å². The number of nitrogens with zero attached hydrogens (tertiary/aromatic N) is 1. The number of carbonyl (C=O) groups excluding carboxylic acids is 2. The van der Waals surface area contributed by atoms with Gasteiger partial charge in [-0.2, -0.15) is 4.99 Å². The van der Waals surface area contributed by atoms with Crippen LogP contribution in [0.3, 0.4) is 0 Å². The van der Waals surface area contributed by atoms with E-state index in [-0.39, 0.29) is 0 Å². The molecule has 1 unspecified atom stereocenters. The summed E-state index contributed by atoms with van der Waals surface area (Å²) in [5.74, 6) is 0.0800. The van der Waals surface area contributed by atoms with E-state index in [2.05, 4.69) is 9.73 Å². The third kappa shape index (κ3) is 2.96. The second-order valence-corrected chi connectivity index (χ2v) is 3.65. The molecule has 1 aliphatic carbocycles. The molecule has 0 bridgehead atoms. The fraction of sp³-hybridized carbons (Fsp3) is 0.800. The first-order valence-corrected chi connectivity index (χ1v) is 4.92. The molecule has 1 saturated carbocycles. The standard InChI is InChI=1S/C10H15NO3/c1-14-10(13)9(11-7-12)6-8-4-2-3-5-8/h8-9H,2-6H2,1H3. The van der Waals surface area contributed by atoms with Crippen molar-refractivity contribution in [2.24, 2.45) is 10.9 Å². The van der Waals surface area contributed by atoms with Crippen LogP contribution in [0.5, 0.6) is 0 Å². The van der Waals surface area contributed by atoms with E-state index < -0.39 is 12.0 Å². The molecule has 1 rings (SSSR count). The number of ether oxygens (including phenoxy) is 1. The van der Waals surface area contributed by atoms with Gasteiger partial charge < -0.3 is 4.74 Å². The Hall–Kier alpha value is -1.15. The molecule has 0 aromatic carbocycles. The molecule has 4 heteroatoms. The summed E-state index contributed by atoms with van der Waals surface area (Å²) in [4.78, 5) is 24.8. The minimum absolute atomic E-state index is 0.430. The highest BCUT2D eigenvalue weighted by molar-refractivity contribution is 5.76. The third-order valence-electron chi connectivity index (χ3n) is 2.71. The predicted octanol–water partition coefficient (Wildman–Crippen LogP) is 1.44. The fourth-order valence-electron chi connectivity index (χ4n) is 1.96. The average molecular weight is 197 g/mol. The molecule has 0 N–H and O–H groups in total. The Morgan fingerprint density at radius 3 is 2.71 bits per heavy atom. The fourth-order valence-corrected chi connectivity index (χ4v) is 1.96. The van der Waals surface area contributed by atoms with E-state index in [4.69, 9.17) is 0 Å². The highest BCUT2D eigenvalue weighted by Gasteiger charge is 2.25. The molecule has 0 spiro atoms. The van der Waals surface area contributed by atoms with Gasteiger partial charge in [-0.1, -0.05) is 25.7 Å². The molecule has 0 aliphatic heterocycles. The Balaban J connectivity index is 2.49. The SMILES string of the molecule is COC(=O)C(CC1CCCC1)N=C=O. The predicted molar refractivity (Wildman–Crippen MR) is 50.5 cm³/mol. The van der Waals surface area contributed by atoms with E-state index in [9.17, 15) is 9.59 Å². The van der Waals surface area contributed by atoms with Crippen molar-refractivity contribution in [3.63, 3.8) is 0 Å². The second kappa shape index (κ2) is 5.55. The van der Waals surface area contributed by atoms with Crippen LogP contribution in [0.1, 0.15) is 32.1 Å². The van der Waals surface area contributed by atoms with Crippen molar-refractivity contribution in [2.75, 3.05) is 7.11 Å². The quantitative estimate of drug-likeness (QED) is 0.389. The first kappa shape index (κ1) is 10.9. The van der Waals surface area contributed by atoms with Crippen molar-refractivity contribution in [3.8, 4) is 0 Å². The Morgan fingerprint density at radius 1 is 1.57 bits per heavy atom. The molecule has 78 valence electrons. The molecule has 0 saturated heterocycles. The Bertz CT molecular complexity index is 240. The Labute approximate surface area is 83.3 Å². The van der Waals surface area contributed by atoms with E-state index >= 15 is 0 Å². The van der Waals surface area contributed by atoms with Crippen molar-refractivity contribution in [2.45, 2.75) is 38.1 Å². The highest BCUT2D eigenvalue weighted by Crippen LogP contribution is 2.29. The van der Waals surface area contributed by atoms with Gasteiger partial charge >= 0.3 is 5.97 Å². The van der Waals surface area contributed by atoms with Gasteiger partial charge in [0.25, 0.3) is 0 Å². The summed E-state index contributed by atoms with van der Waals surface area (Å²) in [7, 11) is 1.31. The molecule has 0 amide bonds. The van der Waals surface area contributed by atoms with Gasteiger partial charge in [-0.15, -0.1) is 0 Å². The van der Waals surface area contributed by atoms with Crippen molar-refractivity contribution in [1.29, 1.82) is 0 Å². The lowest BCUT2D eigenvalue weighted by Crippen LogP contribution is -2.22. The van der Waals surface area contributed by atoms with E-state index in [0.29, 0.717) is 12.3 Å². The number of aliphatic imine (C=N–C) groups is 1. The lowest BCUT2D eigenvalue weighted by molar-refractivity contribution is -0.142. The van der Waals surface area contributed by atoms with E-state index in [1.165, 1.54) is 26.0 Å². The number of esters is 1. The molecule has 4 nitrogen and oxygen atoms in total. The van der Waals surface area contributed by atoms with Gasteiger partial charge in [-0.05, 0) is 12.3 Å². The second-order valence-electron chi connectivity index (χ2n) is 3.65. The molecule has 0 aromatic rings. The van der Waals surface area contributed by atoms with Crippen LogP contribution in [0.2, 0.25) is 0 Å². The maximum atomic E-state index is 11.2. The first-order valence-electron chi connectivity index (χ1n) is 4.92. The number of hydrogen-bond acceptors (Lipinski definition) is 4. The minimum atomic E-state index is -0.638. The van der Waals surface area contributed by atoms with Crippen molar-refractivity contribution in [3.05, 3.63) is 0 Å². The summed E-state index contributed by atoms with van der Waals surface area (Å²) in [6.45, 7) is 0. The molecule has 1 atom stereocenters. The maximum Gasteiger partial charge on any atom is 0.331 e. The van der Waals surface area contributed by atoms with Crippen LogP contribution >= 0.6 is 0 Å². The smallest absolute Gasteiger partial charge is 0.331 e. The molecule has 1 fully saturated rings. The lowest BCUT2D eigenvalue weighted by Gasteiger charge is -2.12. The van der Waals surface area contributed by atoms with Crippen LogP contribution in [-0.2, 0) is 14.3 Å². The zero-order chi connectivity index (χ0) is 10.4. The molecule has 1 aliphatic rings. The number of carbonyl (C=O) groups is 1. The summed E-state index contributed by atoms with van der Waals surface area (Å²) in [5.41, 5.74) is 0. The number of hydrogen-bond donors (Lipinski definition) is 0. The van der Waals surface area contributed by atoms with Gasteiger partial charge in [0.15, 0.2) is 6.04 Å². The summed E-state index contributed by atoms with van der Waals surface area (Å²) >= 11 is 0. The number of rotatable bonds is 4. The lowest BCUT2D eigenvalue weighted by atomic mass is 9.99. The number of isocyanates is 1.